The van der Waals surface area contributed by atoms with Crippen LogP contribution in [0.25, 0.3) is 0 Å². The van der Waals surface area contributed by atoms with Gasteiger partial charge in [0.25, 0.3) is 0 Å². The summed E-state index contributed by atoms with van der Waals surface area (Å²) in [5.74, 6) is -0.550. The lowest BCUT2D eigenvalue weighted by atomic mass is 9.64. The minimum atomic E-state index is -5.00. The van der Waals surface area contributed by atoms with E-state index in [1.54, 1.807) is 0 Å². The molecule has 8 heteroatoms. The van der Waals surface area contributed by atoms with Crippen LogP contribution in [0, 0.1) is 17.2 Å². The first-order valence-electron chi connectivity index (χ1n) is 12.5. The molecule has 1 fully saturated rings. The molecule has 1 saturated carbocycles. The van der Waals surface area contributed by atoms with Crippen LogP contribution in [-0.2, 0) is 24.2 Å². The molecule has 1 atom stereocenters. The number of likely N-dealkylation sites (N-methyl/N-ethyl adjacent to an activating group) is 1. The molecule has 36 heavy (non-hydrogen) atoms. The fourth-order valence-electron chi connectivity index (χ4n) is 5.60. The molecule has 0 aliphatic heterocycles. The van der Waals surface area contributed by atoms with Gasteiger partial charge in [0.2, 0.25) is 0 Å². The Labute approximate surface area is 208 Å². The Morgan fingerprint density at radius 3 is 1.94 bits per heavy atom. The van der Waals surface area contributed by atoms with Crippen molar-refractivity contribution in [2.24, 2.45) is 5.92 Å². The van der Waals surface area contributed by atoms with Crippen molar-refractivity contribution in [2.75, 3.05) is 19.6 Å². The second-order valence-corrected chi connectivity index (χ2v) is 9.56. The summed E-state index contributed by atoms with van der Waals surface area (Å²) in [4.78, 5) is 2.13. The maximum absolute atomic E-state index is 14.1. The van der Waals surface area contributed by atoms with Crippen molar-refractivity contribution in [3.63, 3.8) is 0 Å². The van der Waals surface area contributed by atoms with Gasteiger partial charge in [0.1, 0.15) is 0 Å². The first kappa shape index (κ1) is 28.0. The van der Waals surface area contributed by atoms with Gasteiger partial charge in [0.15, 0.2) is 0 Å². The number of halogens is 6. The van der Waals surface area contributed by atoms with Crippen molar-refractivity contribution < 1.29 is 26.3 Å². The number of rotatable bonds is 10. The Morgan fingerprint density at radius 2 is 1.44 bits per heavy atom. The lowest BCUT2D eigenvalue weighted by Gasteiger charge is -2.37. The van der Waals surface area contributed by atoms with E-state index in [0.29, 0.717) is 57.3 Å². The summed E-state index contributed by atoms with van der Waals surface area (Å²) in [6, 6.07) is 14.0. The zero-order valence-corrected chi connectivity index (χ0v) is 20.4. The molecule has 3 rings (SSSR count). The van der Waals surface area contributed by atoms with Crippen molar-refractivity contribution in [2.45, 2.75) is 69.6 Å². The second kappa shape index (κ2) is 11.7. The van der Waals surface area contributed by atoms with E-state index in [0.717, 1.165) is 24.6 Å². The third-order valence-corrected chi connectivity index (χ3v) is 7.43. The first-order chi connectivity index (χ1) is 17.0. The Hall–Kier alpha value is -2.53. The van der Waals surface area contributed by atoms with Gasteiger partial charge in [0.05, 0.1) is 22.6 Å². The molecule has 2 aromatic rings. The molecule has 0 radical (unpaired) electrons. The molecule has 0 saturated heterocycles. The smallest absolute Gasteiger partial charge is 0.303 e. The van der Waals surface area contributed by atoms with Crippen LogP contribution in [0.3, 0.4) is 0 Å². The van der Waals surface area contributed by atoms with Gasteiger partial charge in [-0.05, 0) is 74.4 Å². The Morgan fingerprint density at radius 1 is 0.861 bits per heavy atom. The molecule has 0 bridgehead atoms. The van der Waals surface area contributed by atoms with Gasteiger partial charge < -0.3 is 4.90 Å². The molecule has 0 spiro atoms. The van der Waals surface area contributed by atoms with Crippen molar-refractivity contribution in [3.05, 3.63) is 70.8 Å². The van der Waals surface area contributed by atoms with Gasteiger partial charge in [-0.1, -0.05) is 56.2 Å². The van der Waals surface area contributed by atoms with Crippen molar-refractivity contribution >= 4 is 0 Å². The van der Waals surface area contributed by atoms with Gasteiger partial charge in [-0.2, -0.15) is 31.6 Å². The molecule has 2 nitrogen and oxygen atoms in total. The molecule has 0 heterocycles. The van der Waals surface area contributed by atoms with Gasteiger partial charge in [-0.15, -0.1) is 0 Å². The number of alkyl halides is 6. The fraction of sp³-hybridized carbons (Fsp3) is 0.536. The number of hydrogen-bond donors (Lipinski definition) is 0. The molecule has 0 aromatic heterocycles. The third kappa shape index (κ3) is 6.42. The highest BCUT2D eigenvalue weighted by Gasteiger charge is 2.51. The van der Waals surface area contributed by atoms with Crippen LogP contribution < -0.4 is 0 Å². The zero-order chi connectivity index (χ0) is 26.4. The zero-order valence-electron chi connectivity index (χ0n) is 20.4. The van der Waals surface area contributed by atoms with Crippen LogP contribution in [0.5, 0.6) is 0 Å². The highest BCUT2D eigenvalue weighted by atomic mass is 19.4. The molecule has 196 valence electrons. The predicted octanol–water partition coefficient (Wildman–Crippen LogP) is 8.02. The Kier molecular flexibility index (Phi) is 9.10. The van der Waals surface area contributed by atoms with Gasteiger partial charge in [-0.3, -0.25) is 0 Å². The highest BCUT2D eigenvalue weighted by molar-refractivity contribution is 5.49. The lowest BCUT2D eigenvalue weighted by molar-refractivity contribution is -0.145. The second-order valence-electron chi connectivity index (χ2n) is 9.56. The molecule has 0 amide bonds. The van der Waals surface area contributed by atoms with Crippen molar-refractivity contribution in [3.8, 4) is 6.07 Å². The van der Waals surface area contributed by atoms with E-state index in [-0.39, 0.29) is 6.42 Å². The standard InChI is InChI=1S/C28H32F6N2/c1-2-36(19-16-21-10-4-3-5-11-21)18-9-17-26(20-35,22-12-6-7-13-22)25-23(27(29,30)31)14-8-15-24(25)28(32,33)34/h3-5,8,10-11,14-15,22H,2,6-7,9,12-13,16-19H2,1H3. The summed E-state index contributed by atoms with van der Waals surface area (Å²) in [6.07, 6.45) is -6.64. The summed E-state index contributed by atoms with van der Waals surface area (Å²) in [7, 11) is 0. The normalized spacial score (nSPS) is 16.8. The number of hydrogen-bond acceptors (Lipinski definition) is 2. The molecule has 1 unspecified atom stereocenters. The highest BCUT2D eigenvalue weighted by Crippen LogP contribution is 2.52. The summed E-state index contributed by atoms with van der Waals surface area (Å²) in [6.45, 7) is 3.88. The van der Waals surface area contributed by atoms with Gasteiger partial charge >= 0.3 is 12.4 Å². The van der Waals surface area contributed by atoms with Gasteiger partial charge in [-0.25, -0.2) is 0 Å². The average Bonchev–Trinajstić information content (AvgIpc) is 3.38. The van der Waals surface area contributed by atoms with E-state index in [1.807, 2.05) is 43.3 Å². The van der Waals surface area contributed by atoms with Crippen LogP contribution in [0.15, 0.2) is 48.5 Å². The number of benzene rings is 2. The third-order valence-electron chi connectivity index (χ3n) is 7.43. The maximum atomic E-state index is 14.1. The largest absolute Gasteiger partial charge is 0.416 e. The van der Waals surface area contributed by atoms with Crippen LogP contribution >= 0.6 is 0 Å². The molecule has 0 N–H and O–H groups in total. The number of nitriles is 1. The maximum Gasteiger partial charge on any atom is 0.416 e. The van der Waals surface area contributed by atoms with E-state index in [9.17, 15) is 31.6 Å². The summed E-state index contributed by atoms with van der Waals surface area (Å²) in [5, 5.41) is 10.3. The molecular weight excluding hydrogens is 478 g/mol. The van der Waals surface area contributed by atoms with E-state index in [2.05, 4.69) is 4.90 Å². The number of nitrogens with zero attached hydrogens (tertiary/aromatic N) is 2. The predicted molar refractivity (Wildman–Crippen MR) is 127 cm³/mol. The summed E-state index contributed by atoms with van der Waals surface area (Å²) >= 11 is 0. The lowest BCUT2D eigenvalue weighted by Crippen LogP contribution is -2.38. The molecule has 2 aromatic carbocycles. The van der Waals surface area contributed by atoms with Crippen molar-refractivity contribution in [1.29, 1.82) is 5.26 Å². The van der Waals surface area contributed by atoms with Crippen molar-refractivity contribution in [1.82, 2.24) is 4.90 Å². The van der Waals surface area contributed by atoms with E-state index >= 15 is 0 Å². The molecule has 1 aliphatic carbocycles. The quantitative estimate of drug-likeness (QED) is 0.303. The van der Waals surface area contributed by atoms with Crippen LogP contribution in [0.1, 0.15) is 67.7 Å². The van der Waals surface area contributed by atoms with E-state index in [1.165, 1.54) is 0 Å². The molecular formula is C28H32F6N2. The van der Waals surface area contributed by atoms with E-state index < -0.39 is 40.4 Å². The van der Waals surface area contributed by atoms with Gasteiger partial charge in [0, 0.05) is 6.54 Å². The molecule has 1 aliphatic rings. The van der Waals surface area contributed by atoms with Crippen LogP contribution in [0.4, 0.5) is 26.3 Å². The van der Waals surface area contributed by atoms with Crippen LogP contribution in [-0.4, -0.2) is 24.5 Å². The minimum absolute atomic E-state index is 0.0494. The Balaban J connectivity index is 1.94. The monoisotopic (exact) mass is 510 g/mol. The topological polar surface area (TPSA) is 27.0 Å². The average molecular weight is 511 g/mol. The Bertz CT molecular complexity index is 987. The van der Waals surface area contributed by atoms with Crippen LogP contribution in [0.2, 0.25) is 0 Å². The SMILES string of the molecule is CCN(CCCC(C#N)(c1c(C(F)(F)F)cccc1C(F)(F)F)C1CCCC1)CCc1ccccc1. The van der Waals surface area contributed by atoms with E-state index in [4.69, 9.17) is 0 Å². The minimum Gasteiger partial charge on any atom is -0.303 e. The fourth-order valence-corrected chi connectivity index (χ4v) is 5.60. The summed E-state index contributed by atoms with van der Waals surface area (Å²) in [5.41, 5.74) is -4.27. The summed E-state index contributed by atoms with van der Waals surface area (Å²) < 4.78 is 84.3. The first-order valence-corrected chi connectivity index (χ1v) is 12.5.